The minimum Gasteiger partial charge on any atom is -0.396 e. The van der Waals surface area contributed by atoms with Gasteiger partial charge in [-0.2, -0.15) is 4.98 Å². The van der Waals surface area contributed by atoms with Crippen LogP contribution in [-0.4, -0.2) is 22.6 Å². The molecule has 0 unspecified atom stereocenters. The number of rotatable bonds is 5. The Labute approximate surface area is 142 Å². The van der Waals surface area contributed by atoms with Gasteiger partial charge in [0.05, 0.1) is 5.69 Å². The maximum atomic E-state index is 13.3. The lowest BCUT2D eigenvalue weighted by Crippen LogP contribution is -2.27. The van der Waals surface area contributed by atoms with Crippen LogP contribution in [0.3, 0.4) is 0 Å². The number of hydrogen-bond donors (Lipinski definition) is 2. The second-order valence-corrected chi connectivity index (χ2v) is 6.34. The molecule has 1 aliphatic heterocycles. The Bertz CT molecular complexity index is 719. The average molecular weight is 329 g/mol. The van der Waals surface area contributed by atoms with Gasteiger partial charge in [-0.25, -0.2) is 9.37 Å². The van der Waals surface area contributed by atoms with E-state index in [4.69, 9.17) is 5.73 Å². The molecule has 1 aliphatic rings. The predicted octanol–water partition coefficient (Wildman–Crippen LogP) is 3.88. The van der Waals surface area contributed by atoms with E-state index in [9.17, 15) is 4.39 Å². The summed E-state index contributed by atoms with van der Waals surface area (Å²) in [4.78, 5) is 11.6. The monoisotopic (exact) mass is 329 g/mol. The second-order valence-electron chi connectivity index (χ2n) is 6.34. The van der Waals surface area contributed by atoms with Crippen molar-refractivity contribution in [3.05, 3.63) is 35.8 Å². The first-order valence-electron chi connectivity index (χ1n) is 8.53. The number of halogens is 1. The third kappa shape index (κ3) is 3.58. The van der Waals surface area contributed by atoms with Crippen LogP contribution in [0.25, 0.3) is 0 Å². The lowest BCUT2D eigenvalue weighted by atomic mass is 10.2. The molecule has 0 aliphatic carbocycles. The summed E-state index contributed by atoms with van der Waals surface area (Å²) < 4.78 is 13.3. The van der Waals surface area contributed by atoms with E-state index < -0.39 is 5.82 Å². The summed E-state index contributed by atoms with van der Waals surface area (Å²) >= 11 is 0. The van der Waals surface area contributed by atoms with Crippen molar-refractivity contribution in [3.63, 3.8) is 0 Å². The van der Waals surface area contributed by atoms with Crippen molar-refractivity contribution < 1.29 is 4.39 Å². The number of nitrogens with two attached hydrogens (primary N) is 1. The summed E-state index contributed by atoms with van der Waals surface area (Å²) in [5, 5.41) is 3.15. The van der Waals surface area contributed by atoms with Crippen LogP contribution in [0, 0.1) is 5.82 Å². The highest BCUT2D eigenvalue weighted by Crippen LogP contribution is 2.26. The van der Waals surface area contributed by atoms with E-state index in [0.717, 1.165) is 30.9 Å². The molecule has 2 aromatic rings. The number of benzene rings is 1. The number of nitrogens with zero attached hydrogens (tertiary/aromatic N) is 3. The molecule has 1 atom stereocenters. The van der Waals surface area contributed by atoms with E-state index in [1.165, 1.54) is 18.9 Å². The van der Waals surface area contributed by atoms with Crippen molar-refractivity contribution in [2.45, 2.75) is 45.6 Å². The molecule has 3 N–H and O–H groups in total. The second kappa shape index (κ2) is 7.03. The summed E-state index contributed by atoms with van der Waals surface area (Å²) in [7, 11) is 0. The van der Waals surface area contributed by atoms with Crippen LogP contribution in [0.15, 0.2) is 24.3 Å². The van der Waals surface area contributed by atoms with Crippen molar-refractivity contribution in [2.75, 3.05) is 22.5 Å². The van der Waals surface area contributed by atoms with Gasteiger partial charge in [-0.05, 0) is 44.4 Å². The Balaban J connectivity index is 1.90. The Morgan fingerprint density at radius 2 is 2.17 bits per heavy atom. The van der Waals surface area contributed by atoms with Crippen LogP contribution in [-0.2, 0) is 6.42 Å². The third-order valence-corrected chi connectivity index (χ3v) is 4.37. The normalized spacial score (nSPS) is 17.3. The van der Waals surface area contributed by atoms with E-state index >= 15 is 0 Å². The van der Waals surface area contributed by atoms with Gasteiger partial charge in [0.1, 0.15) is 11.6 Å². The molecule has 0 radical (unpaired) electrons. The highest BCUT2D eigenvalue weighted by molar-refractivity contribution is 5.61. The highest BCUT2D eigenvalue weighted by atomic mass is 19.1. The SMILES string of the molecule is CCCc1cc(N2CCC[C@H]2C)nc(Nc2ccc(F)c(N)c2)n1. The number of aromatic nitrogens is 2. The molecule has 0 bridgehead atoms. The average Bonchev–Trinajstić information content (AvgIpc) is 2.97. The predicted molar refractivity (Wildman–Crippen MR) is 96.2 cm³/mol. The molecule has 0 saturated carbocycles. The molecule has 5 nitrogen and oxygen atoms in total. The molecule has 1 saturated heterocycles. The number of hydrogen-bond acceptors (Lipinski definition) is 5. The molecule has 1 aromatic carbocycles. The third-order valence-electron chi connectivity index (χ3n) is 4.37. The van der Waals surface area contributed by atoms with E-state index in [2.05, 4.69) is 40.1 Å². The van der Waals surface area contributed by atoms with E-state index in [0.29, 0.717) is 17.7 Å². The Morgan fingerprint density at radius 3 is 2.83 bits per heavy atom. The van der Waals surface area contributed by atoms with Crippen LogP contribution in [0.5, 0.6) is 0 Å². The Morgan fingerprint density at radius 1 is 1.33 bits per heavy atom. The summed E-state index contributed by atoms with van der Waals surface area (Å²) in [6.07, 6.45) is 4.29. The summed E-state index contributed by atoms with van der Waals surface area (Å²) in [6.45, 7) is 5.38. The summed E-state index contributed by atoms with van der Waals surface area (Å²) in [6, 6.07) is 7.11. The quantitative estimate of drug-likeness (QED) is 0.815. The van der Waals surface area contributed by atoms with Gasteiger partial charge < -0.3 is 16.0 Å². The number of nitrogens with one attached hydrogen (secondary N) is 1. The molecule has 0 spiro atoms. The lowest BCUT2D eigenvalue weighted by Gasteiger charge is -2.23. The molecule has 1 fully saturated rings. The maximum absolute atomic E-state index is 13.3. The van der Waals surface area contributed by atoms with Crippen LogP contribution in [0.1, 0.15) is 38.8 Å². The molecule has 6 heteroatoms. The largest absolute Gasteiger partial charge is 0.396 e. The van der Waals surface area contributed by atoms with Gasteiger partial charge in [0.25, 0.3) is 0 Å². The van der Waals surface area contributed by atoms with Crippen LogP contribution in [0.4, 0.5) is 27.5 Å². The van der Waals surface area contributed by atoms with Crippen LogP contribution < -0.4 is 16.0 Å². The van der Waals surface area contributed by atoms with Crippen LogP contribution in [0.2, 0.25) is 0 Å². The fourth-order valence-electron chi connectivity index (χ4n) is 3.09. The van der Waals surface area contributed by atoms with Gasteiger partial charge in [-0.3, -0.25) is 0 Å². The molecular weight excluding hydrogens is 305 g/mol. The van der Waals surface area contributed by atoms with Crippen molar-refractivity contribution in [1.82, 2.24) is 9.97 Å². The van der Waals surface area contributed by atoms with Crippen molar-refractivity contribution in [3.8, 4) is 0 Å². The van der Waals surface area contributed by atoms with Crippen molar-refractivity contribution in [1.29, 1.82) is 0 Å². The first kappa shape index (κ1) is 16.5. The number of anilines is 4. The van der Waals surface area contributed by atoms with Gasteiger partial charge in [0.2, 0.25) is 5.95 Å². The molecule has 2 heterocycles. The molecule has 24 heavy (non-hydrogen) atoms. The van der Waals surface area contributed by atoms with Gasteiger partial charge in [-0.1, -0.05) is 13.3 Å². The summed E-state index contributed by atoms with van der Waals surface area (Å²) in [5.74, 6) is 1.06. The number of aryl methyl sites for hydroxylation is 1. The smallest absolute Gasteiger partial charge is 0.229 e. The lowest BCUT2D eigenvalue weighted by molar-refractivity contribution is 0.632. The van der Waals surface area contributed by atoms with E-state index in [1.54, 1.807) is 12.1 Å². The molecule has 3 rings (SSSR count). The van der Waals surface area contributed by atoms with Gasteiger partial charge in [-0.15, -0.1) is 0 Å². The molecule has 0 amide bonds. The minimum absolute atomic E-state index is 0.109. The Kier molecular flexibility index (Phi) is 4.83. The Hall–Kier alpha value is -2.37. The van der Waals surface area contributed by atoms with Crippen molar-refractivity contribution >= 4 is 23.1 Å². The zero-order chi connectivity index (χ0) is 17.1. The van der Waals surface area contributed by atoms with E-state index in [-0.39, 0.29) is 5.69 Å². The van der Waals surface area contributed by atoms with Crippen molar-refractivity contribution in [2.24, 2.45) is 0 Å². The maximum Gasteiger partial charge on any atom is 0.229 e. The first-order valence-corrected chi connectivity index (χ1v) is 8.53. The summed E-state index contributed by atoms with van der Waals surface area (Å²) in [5.41, 5.74) is 7.44. The van der Waals surface area contributed by atoms with E-state index in [1.807, 2.05) is 0 Å². The zero-order valence-electron chi connectivity index (χ0n) is 14.2. The molecule has 1 aromatic heterocycles. The van der Waals surface area contributed by atoms with Gasteiger partial charge >= 0.3 is 0 Å². The van der Waals surface area contributed by atoms with Gasteiger partial charge in [0, 0.05) is 30.0 Å². The highest BCUT2D eigenvalue weighted by Gasteiger charge is 2.22. The fourth-order valence-corrected chi connectivity index (χ4v) is 3.09. The first-order chi connectivity index (χ1) is 11.6. The fraction of sp³-hybridized carbons (Fsp3) is 0.444. The van der Waals surface area contributed by atoms with Gasteiger partial charge in [0.15, 0.2) is 0 Å². The number of nitrogen functional groups attached to an aromatic ring is 1. The minimum atomic E-state index is -0.423. The van der Waals surface area contributed by atoms with Crippen LogP contribution >= 0.6 is 0 Å². The molecular formula is C18H24FN5. The standard InChI is InChI=1S/C18H24FN5/c1-3-5-13-11-17(24-9-4-6-12(24)2)23-18(21-13)22-14-7-8-15(19)16(20)10-14/h7-8,10-12H,3-6,9,20H2,1-2H3,(H,21,22,23)/t12-/m1/s1. The topological polar surface area (TPSA) is 67.1 Å². The zero-order valence-corrected chi connectivity index (χ0v) is 14.2. The molecule has 128 valence electrons.